The zero-order valence-electron chi connectivity index (χ0n) is 19.3. The van der Waals surface area contributed by atoms with Crippen molar-refractivity contribution in [2.75, 3.05) is 46.4 Å². The van der Waals surface area contributed by atoms with Gasteiger partial charge in [0.05, 0.1) is 26.3 Å². The van der Waals surface area contributed by atoms with Crippen LogP contribution in [-0.2, 0) is 4.74 Å². The lowest BCUT2D eigenvalue weighted by molar-refractivity contribution is 0.0963. The maximum atomic E-state index is 11.9. The molecule has 1 aromatic rings. The lowest BCUT2D eigenvalue weighted by Gasteiger charge is -2.34. The van der Waals surface area contributed by atoms with Gasteiger partial charge in [-0.1, -0.05) is 18.6 Å². The van der Waals surface area contributed by atoms with Gasteiger partial charge in [-0.25, -0.2) is 4.79 Å². The summed E-state index contributed by atoms with van der Waals surface area (Å²) in [7, 11) is 1.69. The van der Waals surface area contributed by atoms with E-state index >= 15 is 0 Å². The fourth-order valence-electron chi connectivity index (χ4n) is 4.35. The lowest BCUT2D eigenvalue weighted by atomic mass is 10.0. The van der Waals surface area contributed by atoms with Crippen molar-refractivity contribution in [3.8, 4) is 5.75 Å². The van der Waals surface area contributed by atoms with Crippen LogP contribution in [0.5, 0.6) is 5.75 Å². The number of nitrogens with two attached hydrogens (primary N) is 1. The van der Waals surface area contributed by atoms with Gasteiger partial charge in [0, 0.05) is 19.1 Å². The van der Waals surface area contributed by atoms with E-state index in [0.717, 1.165) is 31.7 Å². The molecule has 2 aliphatic rings. The first-order valence-corrected chi connectivity index (χ1v) is 11.5. The first-order chi connectivity index (χ1) is 15.1. The Morgan fingerprint density at radius 3 is 2.41 bits per heavy atom. The average Bonchev–Trinajstić information content (AvgIpc) is 2.81. The second-order valence-electron chi connectivity index (χ2n) is 8.22. The molecule has 1 unspecified atom stereocenters. The Morgan fingerprint density at radius 2 is 1.81 bits per heavy atom. The van der Waals surface area contributed by atoms with Gasteiger partial charge in [0.2, 0.25) is 0 Å². The second-order valence-corrected chi connectivity index (χ2v) is 8.22. The molecular formula is C23H38IN5O3. The van der Waals surface area contributed by atoms with Gasteiger partial charge < -0.3 is 25.4 Å². The van der Waals surface area contributed by atoms with Crippen molar-refractivity contribution in [3.05, 3.63) is 29.8 Å². The number of piperidine rings is 2. The van der Waals surface area contributed by atoms with Crippen LogP contribution in [0.1, 0.15) is 50.6 Å². The lowest BCUT2D eigenvalue weighted by Crippen LogP contribution is -2.48. The Kier molecular flexibility index (Phi) is 11.4. The van der Waals surface area contributed by atoms with Crippen LogP contribution in [0.3, 0.4) is 0 Å². The van der Waals surface area contributed by atoms with Crippen molar-refractivity contribution in [2.45, 2.75) is 51.1 Å². The number of nitrogens with zero attached hydrogens (tertiary/aromatic N) is 3. The van der Waals surface area contributed by atoms with Crippen molar-refractivity contribution in [2.24, 2.45) is 10.7 Å². The molecule has 1 amide bonds. The van der Waals surface area contributed by atoms with Gasteiger partial charge in [0.1, 0.15) is 5.75 Å². The average molecular weight is 559 g/mol. The minimum Gasteiger partial charge on any atom is -0.497 e. The van der Waals surface area contributed by atoms with Crippen LogP contribution in [0.15, 0.2) is 29.3 Å². The summed E-state index contributed by atoms with van der Waals surface area (Å²) in [4.78, 5) is 20.8. The first kappa shape index (κ1) is 26.5. The minimum absolute atomic E-state index is 0. The maximum absolute atomic E-state index is 11.9. The normalized spacial score (nSPS) is 19.1. The summed E-state index contributed by atoms with van der Waals surface area (Å²) >= 11 is 0. The van der Waals surface area contributed by atoms with Crippen LogP contribution in [0.4, 0.5) is 4.79 Å². The zero-order chi connectivity index (χ0) is 22.1. The van der Waals surface area contributed by atoms with Crippen LogP contribution in [0.25, 0.3) is 0 Å². The molecular weight excluding hydrogens is 521 g/mol. The second kappa shape index (κ2) is 13.7. The van der Waals surface area contributed by atoms with E-state index in [-0.39, 0.29) is 42.2 Å². The molecule has 0 bridgehead atoms. The van der Waals surface area contributed by atoms with E-state index in [2.05, 4.69) is 22.3 Å². The van der Waals surface area contributed by atoms with Crippen molar-refractivity contribution in [1.82, 2.24) is 15.1 Å². The predicted octanol–water partition coefficient (Wildman–Crippen LogP) is 3.37. The Bertz CT molecular complexity index is 717. The minimum atomic E-state index is -0.230. The standard InChI is InChI=1S/C23H37N5O3.HI/c1-3-31-23(29)28-15-11-19(12-16-28)26-22(24)25-17-21(27-13-5-4-6-14-27)18-7-9-20(30-2)10-8-18;/h7-10,19,21H,3-6,11-17H2,1-2H3,(H3,24,25,26);1H. The summed E-state index contributed by atoms with van der Waals surface area (Å²) in [6.45, 7) is 6.37. The SMILES string of the molecule is CCOC(=O)N1CCC(NC(N)=NCC(c2ccc(OC)cc2)N2CCCCC2)CC1.I. The fourth-order valence-corrected chi connectivity index (χ4v) is 4.35. The molecule has 0 radical (unpaired) electrons. The highest BCUT2D eigenvalue weighted by atomic mass is 127. The van der Waals surface area contributed by atoms with Crippen molar-refractivity contribution >= 4 is 36.0 Å². The number of hydrogen-bond donors (Lipinski definition) is 2. The Balaban J connectivity index is 0.00000363. The molecule has 2 fully saturated rings. The molecule has 0 saturated carbocycles. The van der Waals surface area contributed by atoms with Gasteiger partial charge in [-0.05, 0) is 63.4 Å². The number of amides is 1. The number of likely N-dealkylation sites (tertiary alicyclic amines) is 2. The number of halogens is 1. The summed E-state index contributed by atoms with van der Waals surface area (Å²) < 4.78 is 10.4. The Hall–Kier alpha value is -1.75. The molecule has 3 rings (SSSR count). The summed E-state index contributed by atoms with van der Waals surface area (Å²) in [5.74, 6) is 1.34. The van der Waals surface area contributed by atoms with E-state index in [0.29, 0.717) is 32.2 Å². The molecule has 2 saturated heterocycles. The number of ether oxygens (including phenoxy) is 2. The van der Waals surface area contributed by atoms with Gasteiger partial charge in [-0.3, -0.25) is 9.89 Å². The van der Waals surface area contributed by atoms with Crippen molar-refractivity contribution in [3.63, 3.8) is 0 Å². The number of benzene rings is 1. The van der Waals surface area contributed by atoms with E-state index in [9.17, 15) is 4.79 Å². The molecule has 9 heteroatoms. The highest BCUT2D eigenvalue weighted by Gasteiger charge is 2.25. The predicted molar refractivity (Wildman–Crippen MR) is 138 cm³/mol. The number of methoxy groups -OCH3 is 1. The van der Waals surface area contributed by atoms with E-state index in [1.165, 1.54) is 24.8 Å². The van der Waals surface area contributed by atoms with Crippen LogP contribution in [-0.4, -0.2) is 74.3 Å². The number of carbonyl (C=O) groups excluding carboxylic acids is 1. The topological polar surface area (TPSA) is 92.4 Å². The highest BCUT2D eigenvalue weighted by Crippen LogP contribution is 2.26. The zero-order valence-corrected chi connectivity index (χ0v) is 21.6. The largest absolute Gasteiger partial charge is 0.497 e. The third-order valence-electron chi connectivity index (χ3n) is 6.14. The molecule has 1 atom stereocenters. The van der Waals surface area contributed by atoms with E-state index in [1.807, 2.05) is 19.1 Å². The molecule has 8 nitrogen and oxygen atoms in total. The molecule has 32 heavy (non-hydrogen) atoms. The summed E-state index contributed by atoms with van der Waals surface area (Å²) in [5.41, 5.74) is 7.48. The molecule has 3 N–H and O–H groups in total. The number of aliphatic imine (C=N–C) groups is 1. The molecule has 2 heterocycles. The van der Waals surface area contributed by atoms with Crippen LogP contribution >= 0.6 is 24.0 Å². The van der Waals surface area contributed by atoms with E-state index < -0.39 is 0 Å². The number of carbonyl (C=O) groups is 1. The van der Waals surface area contributed by atoms with Gasteiger partial charge >= 0.3 is 6.09 Å². The summed E-state index contributed by atoms with van der Waals surface area (Å²) in [6, 6.07) is 8.70. The molecule has 180 valence electrons. The highest BCUT2D eigenvalue weighted by molar-refractivity contribution is 14.0. The Morgan fingerprint density at radius 1 is 1.16 bits per heavy atom. The molecule has 0 aromatic heterocycles. The van der Waals surface area contributed by atoms with E-state index in [4.69, 9.17) is 20.2 Å². The van der Waals surface area contributed by atoms with E-state index in [1.54, 1.807) is 12.0 Å². The number of guanidine groups is 1. The van der Waals surface area contributed by atoms with Gasteiger partial charge in [-0.2, -0.15) is 0 Å². The third kappa shape index (κ3) is 7.68. The monoisotopic (exact) mass is 559 g/mol. The molecule has 0 spiro atoms. The Labute approximate surface area is 208 Å². The van der Waals surface area contributed by atoms with Gasteiger partial charge in [-0.15, -0.1) is 24.0 Å². The maximum Gasteiger partial charge on any atom is 0.409 e. The summed E-state index contributed by atoms with van der Waals surface area (Å²) in [6.07, 6.45) is 5.19. The van der Waals surface area contributed by atoms with Gasteiger partial charge in [0.25, 0.3) is 0 Å². The van der Waals surface area contributed by atoms with Crippen LogP contribution < -0.4 is 15.8 Å². The fraction of sp³-hybridized carbons (Fsp3) is 0.652. The quantitative estimate of drug-likeness (QED) is 0.303. The van der Waals surface area contributed by atoms with Crippen LogP contribution in [0, 0.1) is 0 Å². The third-order valence-corrected chi connectivity index (χ3v) is 6.14. The van der Waals surface area contributed by atoms with Crippen molar-refractivity contribution < 1.29 is 14.3 Å². The smallest absolute Gasteiger partial charge is 0.409 e. The molecule has 1 aromatic carbocycles. The summed E-state index contributed by atoms with van der Waals surface area (Å²) in [5, 5.41) is 3.35. The van der Waals surface area contributed by atoms with Crippen LogP contribution in [0.2, 0.25) is 0 Å². The number of hydrogen-bond acceptors (Lipinski definition) is 5. The number of nitrogens with one attached hydrogen (secondary N) is 1. The molecule has 2 aliphatic heterocycles. The first-order valence-electron chi connectivity index (χ1n) is 11.5. The van der Waals surface area contributed by atoms with Gasteiger partial charge in [0.15, 0.2) is 5.96 Å². The molecule has 0 aliphatic carbocycles. The van der Waals surface area contributed by atoms with Crippen molar-refractivity contribution in [1.29, 1.82) is 0 Å². The number of rotatable bonds is 7.